The molecule has 1 aromatic carbocycles. The van der Waals surface area contributed by atoms with Crippen molar-refractivity contribution < 1.29 is 28.6 Å². The highest BCUT2D eigenvalue weighted by molar-refractivity contribution is 6.09. The molecule has 0 amide bonds. The molecule has 1 heterocycles. The van der Waals surface area contributed by atoms with Crippen molar-refractivity contribution in [2.24, 2.45) is 0 Å². The van der Waals surface area contributed by atoms with Crippen molar-refractivity contribution in [3.05, 3.63) is 51.8 Å². The molecule has 0 atom stereocenters. The van der Waals surface area contributed by atoms with Gasteiger partial charge in [0.15, 0.2) is 6.61 Å². The van der Waals surface area contributed by atoms with Crippen LogP contribution in [0.1, 0.15) is 66.9 Å². The second-order valence-corrected chi connectivity index (χ2v) is 7.20. The standard InChI is InChI=1S/C22H25NO6/c1-12-6-7-15(10-18(12)27-4)21(25)29-11-17(24)19-13(2)23(16-8-9-16)14(3)20(19)22(26)28-5/h6-7,10,16H,8-9,11H2,1-5H3. The highest BCUT2D eigenvalue weighted by Crippen LogP contribution is 2.40. The molecule has 0 radical (unpaired) electrons. The number of aryl methyl sites for hydroxylation is 1. The topological polar surface area (TPSA) is 83.8 Å². The Hall–Kier alpha value is -3.09. The van der Waals surface area contributed by atoms with Crippen LogP contribution in [-0.2, 0) is 9.47 Å². The molecule has 7 nitrogen and oxygen atoms in total. The van der Waals surface area contributed by atoms with Gasteiger partial charge in [-0.2, -0.15) is 0 Å². The predicted octanol–water partition coefficient (Wildman–Crippen LogP) is 3.58. The van der Waals surface area contributed by atoms with Crippen LogP contribution < -0.4 is 4.74 Å². The second-order valence-electron chi connectivity index (χ2n) is 7.20. The molecular formula is C22H25NO6. The van der Waals surface area contributed by atoms with E-state index in [9.17, 15) is 14.4 Å². The number of benzene rings is 1. The zero-order valence-electron chi connectivity index (χ0n) is 17.3. The molecule has 1 saturated carbocycles. The minimum Gasteiger partial charge on any atom is -0.496 e. The summed E-state index contributed by atoms with van der Waals surface area (Å²) in [5, 5.41) is 0. The van der Waals surface area contributed by atoms with Crippen LogP contribution >= 0.6 is 0 Å². The quantitative estimate of drug-likeness (QED) is 0.523. The Morgan fingerprint density at radius 3 is 2.24 bits per heavy atom. The van der Waals surface area contributed by atoms with Crippen LogP contribution in [0, 0.1) is 20.8 Å². The number of Topliss-reactive ketones (excluding diaryl/α,β-unsaturated/α-hetero) is 1. The average Bonchev–Trinajstić information content (AvgIpc) is 3.50. The molecule has 1 aromatic heterocycles. The molecule has 0 unspecified atom stereocenters. The van der Waals surface area contributed by atoms with Crippen LogP contribution in [0.3, 0.4) is 0 Å². The number of methoxy groups -OCH3 is 2. The summed E-state index contributed by atoms with van der Waals surface area (Å²) in [5.41, 5.74) is 3.08. The molecule has 154 valence electrons. The van der Waals surface area contributed by atoms with E-state index in [1.54, 1.807) is 32.0 Å². The predicted molar refractivity (Wildman–Crippen MR) is 106 cm³/mol. The first-order valence-electron chi connectivity index (χ1n) is 9.44. The first kappa shape index (κ1) is 20.6. The Balaban J connectivity index is 1.83. The largest absolute Gasteiger partial charge is 0.496 e. The lowest BCUT2D eigenvalue weighted by molar-refractivity contribution is 0.0473. The van der Waals surface area contributed by atoms with Gasteiger partial charge < -0.3 is 18.8 Å². The molecule has 7 heteroatoms. The van der Waals surface area contributed by atoms with E-state index in [-0.39, 0.29) is 16.7 Å². The number of esters is 2. The highest BCUT2D eigenvalue weighted by Gasteiger charge is 2.34. The van der Waals surface area contributed by atoms with E-state index in [4.69, 9.17) is 14.2 Å². The number of aromatic nitrogens is 1. The maximum atomic E-state index is 12.9. The number of nitrogens with zero attached hydrogens (tertiary/aromatic N) is 1. The van der Waals surface area contributed by atoms with Crippen LogP contribution in [0.4, 0.5) is 0 Å². The van der Waals surface area contributed by atoms with Gasteiger partial charge in [0.25, 0.3) is 0 Å². The summed E-state index contributed by atoms with van der Waals surface area (Å²) >= 11 is 0. The monoisotopic (exact) mass is 399 g/mol. The molecule has 0 aliphatic heterocycles. The molecule has 0 N–H and O–H groups in total. The van der Waals surface area contributed by atoms with Gasteiger partial charge in [0.1, 0.15) is 5.75 Å². The van der Waals surface area contributed by atoms with Crippen molar-refractivity contribution >= 4 is 17.7 Å². The van der Waals surface area contributed by atoms with Crippen LogP contribution in [0.25, 0.3) is 0 Å². The van der Waals surface area contributed by atoms with Gasteiger partial charge in [-0.1, -0.05) is 6.07 Å². The zero-order valence-corrected chi connectivity index (χ0v) is 17.3. The Morgan fingerprint density at radius 2 is 1.66 bits per heavy atom. The van der Waals surface area contributed by atoms with Gasteiger partial charge in [-0.25, -0.2) is 9.59 Å². The van der Waals surface area contributed by atoms with Gasteiger partial charge in [0.05, 0.1) is 30.9 Å². The molecule has 2 aromatic rings. The third-order valence-corrected chi connectivity index (χ3v) is 5.25. The Kier molecular flexibility index (Phi) is 5.77. The fourth-order valence-corrected chi connectivity index (χ4v) is 3.66. The van der Waals surface area contributed by atoms with Crippen molar-refractivity contribution in [2.75, 3.05) is 20.8 Å². The van der Waals surface area contributed by atoms with E-state index in [0.29, 0.717) is 23.2 Å². The normalized spacial score (nSPS) is 13.1. The number of rotatable bonds is 7. The summed E-state index contributed by atoms with van der Waals surface area (Å²) in [5.74, 6) is -1.07. The number of ketones is 1. The van der Waals surface area contributed by atoms with E-state index < -0.39 is 24.3 Å². The van der Waals surface area contributed by atoms with Gasteiger partial charge in [0.2, 0.25) is 5.78 Å². The molecule has 3 rings (SSSR count). The highest BCUT2D eigenvalue weighted by atomic mass is 16.5. The number of ether oxygens (including phenoxy) is 3. The van der Waals surface area contributed by atoms with E-state index in [1.165, 1.54) is 14.2 Å². The molecule has 29 heavy (non-hydrogen) atoms. The van der Waals surface area contributed by atoms with Gasteiger partial charge in [0, 0.05) is 17.4 Å². The summed E-state index contributed by atoms with van der Waals surface area (Å²) in [4.78, 5) is 37.6. The van der Waals surface area contributed by atoms with Gasteiger partial charge >= 0.3 is 11.9 Å². The van der Waals surface area contributed by atoms with Crippen molar-refractivity contribution in [3.8, 4) is 5.75 Å². The molecule has 1 fully saturated rings. The maximum absolute atomic E-state index is 12.9. The third kappa shape index (κ3) is 3.90. The number of carbonyl (C=O) groups excluding carboxylic acids is 3. The van der Waals surface area contributed by atoms with Crippen LogP contribution in [0.5, 0.6) is 5.75 Å². The Morgan fingerprint density at radius 1 is 1.00 bits per heavy atom. The summed E-state index contributed by atoms with van der Waals surface area (Å²) in [6, 6.07) is 5.22. The van der Waals surface area contributed by atoms with Crippen LogP contribution in [0.15, 0.2) is 18.2 Å². The Bertz CT molecular complexity index is 984. The average molecular weight is 399 g/mol. The first-order chi connectivity index (χ1) is 13.8. The summed E-state index contributed by atoms with van der Waals surface area (Å²) < 4.78 is 17.3. The second kappa shape index (κ2) is 8.11. The fourth-order valence-electron chi connectivity index (χ4n) is 3.66. The molecule has 0 bridgehead atoms. The first-order valence-corrected chi connectivity index (χ1v) is 9.44. The SMILES string of the molecule is COC(=O)c1c(C(=O)COC(=O)c2ccc(C)c(OC)c2)c(C)n(C2CC2)c1C. The zero-order chi connectivity index (χ0) is 21.3. The van der Waals surface area contributed by atoms with Crippen LogP contribution in [-0.4, -0.2) is 43.1 Å². The number of hydrogen-bond acceptors (Lipinski definition) is 6. The lowest BCUT2D eigenvalue weighted by atomic mass is 10.1. The van der Waals surface area contributed by atoms with Crippen LogP contribution in [0.2, 0.25) is 0 Å². The van der Waals surface area contributed by atoms with Crippen molar-refractivity contribution in [1.82, 2.24) is 4.57 Å². The van der Waals surface area contributed by atoms with Crippen molar-refractivity contribution in [1.29, 1.82) is 0 Å². The fraction of sp³-hybridized carbons (Fsp3) is 0.409. The third-order valence-electron chi connectivity index (χ3n) is 5.25. The minimum absolute atomic E-state index is 0.245. The molecule has 1 aliphatic carbocycles. The number of hydrogen-bond donors (Lipinski definition) is 0. The number of carbonyl (C=O) groups is 3. The van der Waals surface area contributed by atoms with E-state index >= 15 is 0 Å². The molecular weight excluding hydrogens is 374 g/mol. The van der Waals surface area contributed by atoms with E-state index in [2.05, 4.69) is 0 Å². The minimum atomic E-state index is -0.632. The lowest BCUT2D eigenvalue weighted by Crippen LogP contribution is -2.18. The summed E-state index contributed by atoms with van der Waals surface area (Å²) in [6.07, 6.45) is 2.02. The molecule has 1 aliphatic rings. The molecule has 0 spiro atoms. The molecule has 0 saturated heterocycles. The summed E-state index contributed by atoms with van der Waals surface area (Å²) in [7, 11) is 2.80. The van der Waals surface area contributed by atoms with Crippen molar-refractivity contribution in [2.45, 2.75) is 39.7 Å². The summed E-state index contributed by atoms with van der Waals surface area (Å²) in [6.45, 7) is 5.01. The van der Waals surface area contributed by atoms with E-state index in [0.717, 1.165) is 18.4 Å². The Labute approximate surface area is 169 Å². The lowest BCUT2D eigenvalue weighted by Gasteiger charge is -2.09. The van der Waals surface area contributed by atoms with Gasteiger partial charge in [-0.3, -0.25) is 4.79 Å². The van der Waals surface area contributed by atoms with Crippen molar-refractivity contribution in [3.63, 3.8) is 0 Å². The smallest absolute Gasteiger partial charge is 0.340 e. The van der Waals surface area contributed by atoms with E-state index in [1.807, 2.05) is 11.5 Å². The van der Waals surface area contributed by atoms with Gasteiger partial charge in [-0.15, -0.1) is 0 Å². The van der Waals surface area contributed by atoms with Gasteiger partial charge in [-0.05, 0) is 51.3 Å². The maximum Gasteiger partial charge on any atom is 0.340 e.